The Hall–Kier alpha value is -0.380. The molecule has 5 atom stereocenters. The van der Waals surface area contributed by atoms with Crippen LogP contribution in [0.5, 0.6) is 0 Å². The van der Waals surface area contributed by atoms with Crippen molar-refractivity contribution in [3.05, 3.63) is 11.6 Å². The average Bonchev–Trinajstić information content (AvgIpc) is 3.09. The molecule has 2 aliphatic carbocycles. The highest BCUT2D eigenvalue weighted by Crippen LogP contribution is 2.55. The van der Waals surface area contributed by atoms with Crippen LogP contribution in [0.25, 0.3) is 0 Å². The van der Waals surface area contributed by atoms with E-state index < -0.39 is 5.60 Å². The van der Waals surface area contributed by atoms with Gasteiger partial charge in [-0.05, 0) is 81.6 Å². The molecule has 0 amide bonds. The van der Waals surface area contributed by atoms with Crippen molar-refractivity contribution in [3.63, 3.8) is 0 Å². The maximum atomic E-state index is 11.0. The molecule has 5 unspecified atom stereocenters. The summed E-state index contributed by atoms with van der Waals surface area (Å²) >= 11 is 0. The quantitative estimate of drug-likeness (QED) is 0.570. The molecular formula is C20H34O3. The second-order valence-corrected chi connectivity index (χ2v) is 9.22. The molecule has 0 radical (unpaired) electrons. The van der Waals surface area contributed by atoms with E-state index in [0.717, 1.165) is 50.5 Å². The lowest BCUT2D eigenvalue weighted by atomic mass is 9.54. The van der Waals surface area contributed by atoms with Crippen molar-refractivity contribution in [1.29, 1.82) is 0 Å². The Morgan fingerprint density at radius 3 is 2.57 bits per heavy atom. The fourth-order valence-electron chi connectivity index (χ4n) is 5.38. The number of allylic oxidation sites excluding steroid dienone is 1. The summed E-state index contributed by atoms with van der Waals surface area (Å²) < 4.78 is 5.99. The third kappa shape index (κ3) is 3.25. The minimum Gasteiger partial charge on any atom is -0.392 e. The van der Waals surface area contributed by atoms with Gasteiger partial charge in [0, 0.05) is 0 Å². The molecule has 1 aliphatic heterocycles. The van der Waals surface area contributed by atoms with Crippen molar-refractivity contribution in [2.75, 3.05) is 6.61 Å². The predicted molar refractivity (Wildman–Crippen MR) is 92.2 cm³/mol. The van der Waals surface area contributed by atoms with Crippen LogP contribution in [0.3, 0.4) is 0 Å². The van der Waals surface area contributed by atoms with E-state index >= 15 is 0 Å². The first-order valence-corrected chi connectivity index (χ1v) is 9.38. The molecule has 1 saturated heterocycles. The van der Waals surface area contributed by atoms with E-state index in [1.54, 1.807) is 0 Å². The highest BCUT2D eigenvalue weighted by atomic mass is 16.6. The van der Waals surface area contributed by atoms with Crippen LogP contribution in [-0.2, 0) is 4.74 Å². The van der Waals surface area contributed by atoms with Gasteiger partial charge in [0.25, 0.3) is 0 Å². The number of aliphatic hydroxyl groups excluding tert-OH is 1. The Kier molecular flexibility index (Phi) is 4.44. The summed E-state index contributed by atoms with van der Waals surface area (Å²) in [4.78, 5) is 0. The Balaban J connectivity index is 1.89. The number of fused-ring (bicyclic) bond motifs is 3. The summed E-state index contributed by atoms with van der Waals surface area (Å²) in [6.45, 7) is 9.08. The second kappa shape index (κ2) is 5.86. The summed E-state index contributed by atoms with van der Waals surface area (Å²) in [6.07, 6.45) is 9.61. The van der Waals surface area contributed by atoms with Crippen LogP contribution < -0.4 is 0 Å². The molecule has 23 heavy (non-hydrogen) atoms. The Bertz CT molecular complexity index is 479. The number of aliphatic hydroxyl groups is 2. The Morgan fingerprint density at radius 1 is 1.13 bits per heavy atom. The molecule has 0 aromatic heterocycles. The fourth-order valence-corrected chi connectivity index (χ4v) is 5.38. The van der Waals surface area contributed by atoms with Crippen molar-refractivity contribution in [2.24, 2.45) is 17.3 Å². The SMILES string of the molecule is CC1(O)CCC2CC=C(CO)CCC3OC3(C)CCC1C2(C)C. The monoisotopic (exact) mass is 322 g/mol. The first-order chi connectivity index (χ1) is 10.7. The minimum atomic E-state index is -0.575. The molecule has 132 valence electrons. The van der Waals surface area contributed by atoms with E-state index in [1.165, 1.54) is 0 Å². The van der Waals surface area contributed by atoms with Crippen LogP contribution >= 0.6 is 0 Å². The Morgan fingerprint density at radius 2 is 1.87 bits per heavy atom. The van der Waals surface area contributed by atoms with Crippen molar-refractivity contribution in [1.82, 2.24) is 0 Å². The molecule has 2 fully saturated rings. The molecule has 0 spiro atoms. The first kappa shape index (κ1) is 17.4. The zero-order chi connectivity index (χ0) is 16.9. The van der Waals surface area contributed by atoms with Gasteiger partial charge in [0.2, 0.25) is 0 Å². The van der Waals surface area contributed by atoms with E-state index in [2.05, 4.69) is 26.8 Å². The number of epoxide rings is 1. The summed E-state index contributed by atoms with van der Waals surface area (Å²) in [5.41, 5.74) is 0.680. The number of ether oxygens (including phenoxy) is 1. The molecular weight excluding hydrogens is 288 g/mol. The highest BCUT2D eigenvalue weighted by Gasteiger charge is 2.55. The van der Waals surface area contributed by atoms with E-state index in [1.807, 2.05) is 6.92 Å². The van der Waals surface area contributed by atoms with E-state index in [9.17, 15) is 10.2 Å². The lowest BCUT2D eigenvalue weighted by molar-refractivity contribution is -0.120. The normalized spacial score (nSPS) is 46.9. The van der Waals surface area contributed by atoms with Crippen molar-refractivity contribution in [3.8, 4) is 0 Å². The van der Waals surface area contributed by atoms with Crippen LogP contribution in [0, 0.1) is 17.3 Å². The van der Waals surface area contributed by atoms with Crippen LogP contribution in [0.4, 0.5) is 0 Å². The van der Waals surface area contributed by atoms with Gasteiger partial charge in [-0.2, -0.15) is 0 Å². The molecule has 0 aromatic carbocycles. The maximum absolute atomic E-state index is 11.0. The van der Waals surface area contributed by atoms with Crippen LogP contribution in [0.2, 0.25) is 0 Å². The summed E-state index contributed by atoms with van der Waals surface area (Å²) in [5.74, 6) is 0.887. The van der Waals surface area contributed by atoms with E-state index in [4.69, 9.17) is 4.74 Å². The Labute approximate surface area is 141 Å². The molecule has 1 heterocycles. The smallest absolute Gasteiger partial charge is 0.0920 e. The van der Waals surface area contributed by atoms with Crippen LogP contribution in [0.15, 0.2) is 11.6 Å². The van der Waals surface area contributed by atoms with Crippen LogP contribution in [-0.4, -0.2) is 34.1 Å². The molecule has 0 aromatic rings. The van der Waals surface area contributed by atoms with Crippen molar-refractivity contribution >= 4 is 0 Å². The maximum Gasteiger partial charge on any atom is 0.0920 e. The van der Waals surface area contributed by atoms with Crippen molar-refractivity contribution in [2.45, 2.75) is 89.9 Å². The number of hydrogen-bond donors (Lipinski definition) is 2. The molecule has 3 rings (SSSR count). The zero-order valence-electron chi connectivity index (χ0n) is 15.3. The third-order valence-corrected chi connectivity index (χ3v) is 7.29. The van der Waals surface area contributed by atoms with Gasteiger partial charge in [0.15, 0.2) is 0 Å². The van der Waals surface area contributed by atoms with Gasteiger partial charge in [-0.25, -0.2) is 0 Å². The molecule has 3 nitrogen and oxygen atoms in total. The molecule has 3 heteroatoms. The van der Waals surface area contributed by atoms with Gasteiger partial charge >= 0.3 is 0 Å². The standard InChI is InChI=1S/C20H34O3/c1-18(2)15-7-5-14(13-21)6-8-17-20(4,23-17)12-10-16(18)19(3,22)11-9-15/h5,15-17,21-22H,6-13H2,1-4H3. The highest BCUT2D eigenvalue weighted by molar-refractivity contribution is 5.10. The summed E-state index contributed by atoms with van der Waals surface area (Å²) in [7, 11) is 0. The van der Waals surface area contributed by atoms with Gasteiger partial charge in [-0.15, -0.1) is 0 Å². The molecule has 3 aliphatic rings. The van der Waals surface area contributed by atoms with Gasteiger partial charge in [-0.1, -0.05) is 19.9 Å². The van der Waals surface area contributed by atoms with Gasteiger partial charge in [-0.3, -0.25) is 0 Å². The number of rotatable bonds is 1. The lowest BCUT2D eigenvalue weighted by Crippen LogP contribution is -2.51. The topological polar surface area (TPSA) is 53.0 Å². The first-order valence-electron chi connectivity index (χ1n) is 9.38. The molecule has 2 N–H and O–H groups in total. The summed E-state index contributed by atoms with van der Waals surface area (Å²) in [6, 6.07) is 0. The van der Waals surface area contributed by atoms with E-state index in [0.29, 0.717) is 17.9 Å². The van der Waals surface area contributed by atoms with Gasteiger partial charge < -0.3 is 14.9 Å². The average molecular weight is 322 g/mol. The largest absolute Gasteiger partial charge is 0.392 e. The van der Waals surface area contributed by atoms with E-state index in [-0.39, 0.29) is 17.6 Å². The fraction of sp³-hybridized carbons (Fsp3) is 0.900. The zero-order valence-corrected chi connectivity index (χ0v) is 15.3. The third-order valence-electron chi connectivity index (χ3n) is 7.29. The summed E-state index contributed by atoms with van der Waals surface area (Å²) in [5, 5.41) is 20.7. The minimum absolute atomic E-state index is 0.0150. The van der Waals surface area contributed by atoms with Crippen molar-refractivity contribution < 1.29 is 14.9 Å². The second-order valence-electron chi connectivity index (χ2n) is 9.22. The lowest BCUT2D eigenvalue weighted by Gasteiger charge is -2.53. The predicted octanol–water partition coefficient (Wildman–Crippen LogP) is 3.83. The molecule has 1 saturated carbocycles. The van der Waals surface area contributed by atoms with Gasteiger partial charge in [0.05, 0.1) is 23.9 Å². The van der Waals surface area contributed by atoms with Gasteiger partial charge in [0.1, 0.15) is 0 Å². The molecule has 2 bridgehead atoms. The number of hydrogen-bond acceptors (Lipinski definition) is 3. The van der Waals surface area contributed by atoms with Crippen LogP contribution in [0.1, 0.15) is 72.6 Å².